The fourth-order valence-electron chi connectivity index (χ4n) is 6.92. The number of aromatic nitrogens is 2. The number of para-hydroxylation sites is 1. The fraction of sp³-hybridized carbons (Fsp3) is 0.521. The van der Waals surface area contributed by atoms with Crippen LogP contribution in [0.1, 0.15) is 155 Å². The van der Waals surface area contributed by atoms with Crippen LogP contribution in [-0.4, -0.2) is 51.8 Å². The minimum absolute atomic E-state index is 0. The summed E-state index contributed by atoms with van der Waals surface area (Å²) in [6.45, 7) is 27.5. The third kappa shape index (κ3) is 12.7. The van der Waals surface area contributed by atoms with E-state index in [0.29, 0.717) is 29.6 Å². The van der Waals surface area contributed by atoms with E-state index >= 15 is 0 Å². The Morgan fingerprint density at radius 2 is 1.07 bits per heavy atom. The zero-order valence-electron chi connectivity index (χ0n) is 38.3. The Morgan fingerprint density at radius 3 is 1.50 bits per heavy atom. The SMILES string of the molecule is C[N-]C.C[N-]C.C[N-]C.Cc1sc2c(C)cccc2c1-c1cn(C)c(C([N-]c2c(C(C)C)cccc2C(C)C)c2c(C(C)C)cc(C(C)C)cc2C(C)C)n1.[Hf+4]. The van der Waals surface area contributed by atoms with Crippen LogP contribution in [0.5, 0.6) is 0 Å². The first-order valence-corrected chi connectivity index (χ1v) is 20.7. The standard InChI is InChI=1S/C42H54N3S.3C2H6N.Hf/c1-23(2)30-20-34(26(7)8)38(35(21-30)27(9)10)40(44-39-31(24(3)4)17-15-18-32(39)25(5)6)42-43-36(22-45(42)13)37-29(12)46-41-28(11)16-14-19-33(37)41;3*1-3-2;/h14-27,40H,1-13H3;3*1-2H3;/q4*-1;+4. The quantitative estimate of drug-likeness (QED) is 0.129. The summed E-state index contributed by atoms with van der Waals surface area (Å²) in [4.78, 5) is 6.86. The first-order valence-electron chi connectivity index (χ1n) is 19.9. The molecular formula is C48H72HfN6S. The average molecular weight is 944 g/mol. The Morgan fingerprint density at radius 1 is 0.625 bits per heavy atom. The van der Waals surface area contributed by atoms with Crippen LogP contribution in [-0.2, 0) is 32.9 Å². The zero-order valence-corrected chi connectivity index (χ0v) is 42.7. The number of benzene rings is 3. The molecule has 2 aromatic heterocycles. The van der Waals surface area contributed by atoms with E-state index in [2.05, 4.69) is 165 Å². The Kier molecular flexibility index (Phi) is 22.3. The Hall–Kier alpha value is -2.62. The smallest absolute Gasteiger partial charge is 0.671 e. The summed E-state index contributed by atoms with van der Waals surface area (Å²) in [6.07, 6.45) is 2.24. The molecule has 6 nitrogen and oxygen atoms in total. The minimum Gasteiger partial charge on any atom is -0.671 e. The molecule has 3 aromatic carbocycles. The predicted molar refractivity (Wildman–Crippen MR) is 247 cm³/mol. The molecule has 0 aliphatic carbocycles. The van der Waals surface area contributed by atoms with Gasteiger partial charge >= 0.3 is 25.8 Å². The van der Waals surface area contributed by atoms with Gasteiger partial charge in [-0.1, -0.05) is 129 Å². The van der Waals surface area contributed by atoms with E-state index in [1.54, 1.807) is 42.3 Å². The zero-order chi connectivity index (χ0) is 41.7. The molecule has 304 valence electrons. The van der Waals surface area contributed by atoms with E-state index in [9.17, 15) is 0 Å². The van der Waals surface area contributed by atoms with Crippen LogP contribution in [0.4, 0.5) is 5.69 Å². The Balaban J connectivity index is 0.00000143. The van der Waals surface area contributed by atoms with Gasteiger partial charge in [-0.2, -0.15) is 42.3 Å². The molecule has 5 aromatic rings. The molecule has 5 rings (SSSR count). The summed E-state index contributed by atoms with van der Waals surface area (Å²) in [5.74, 6) is 2.85. The number of hydrogen-bond acceptors (Lipinski definition) is 2. The van der Waals surface area contributed by atoms with Crippen molar-refractivity contribution >= 4 is 27.1 Å². The molecule has 0 aliphatic heterocycles. The molecule has 0 aliphatic rings. The van der Waals surface area contributed by atoms with Gasteiger partial charge in [0.05, 0.1) is 11.5 Å². The maximum atomic E-state index is 5.88. The van der Waals surface area contributed by atoms with Crippen molar-refractivity contribution in [2.75, 3.05) is 42.3 Å². The number of rotatable bonds is 10. The van der Waals surface area contributed by atoms with Gasteiger partial charge in [0.25, 0.3) is 0 Å². The molecule has 2 heterocycles. The molecule has 0 saturated heterocycles. The van der Waals surface area contributed by atoms with Gasteiger partial charge in [-0.3, -0.25) is 0 Å². The molecule has 0 spiro atoms. The number of aryl methyl sites for hydroxylation is 3. The third-order valence-corrected chi connectivity index (χ3v) is 10.8. The summed E-state index contributed by atoms with van der Waals surface area (Å²) in [5, 5.41) is 17.7. The van der Waals surface area contributed by atoms with E-state index < -0.39 is 0 Å². The molecule has 0 radical (unpaired) electrons. The number of imidazole rings is 1. The van der Waals surface area contributed by atoms with Crippen molar-refractivity contribution in [3.8, 4) is 11.3 Å². The van der Waals surface area contributed by atoms with Crippen LogP contribution in [0.15, 0.2) is 54.7 Å². The number of nitrogens with zero attached hydrogens (tertiary/aromatic N) is 6. The topological polar surface area (TPSA) is 74.2 Å². The van der Waals surface area contributed by atoms with Crippen molar-refractivity contribution in [1.82, 2.24) is 9.55 Å². The van der Waals surface area contributed by atoms with Gasteiger partial charge in [0.15, 0.2) is 0 Å². The summed E-state index contributed by atoms with van der Waals surface area (Å²) < 4.78 is 3.60. The van der Waals surface area contributed by atoms with Crippen LogP contribution < -0.4 is 0 Å². The first kappa shape index (κ1) is 51.4. The van der Waals surface area contributed by atoms with Crippen LogP contribution in [0.3, 0.4) is 0 Å². The van der Waals surface area contributed by atoms with Gasteiger partial charge in [0, 0.05) is 33.8 Å². The number of thiophene rings is 1. The third-order valence-electron chi connectivity index (χ3n) is 9.55. The van der Waals surface area contributed by atoms with Gasteiger partial charge in [-0.25, -0.2) is 4.98 Å². The van der Waals surface area contributed by atoms with E-state index in [1.807, 2.05) is 11.3 Å². The van der Waals surface area contributed by atoms with Crippen LogP contribution in [0.25, 0.3) is 42.6 Å². The second-order valence-electron chi connectivity index (χ2n) is 16.1. The van der Waals surface area contributed by atoms with Crippen LogP contribution in [0, 0.1) is 13.8 Å². The molecule has 56 heavy (non-hydrogen) atoms. The van der Waals surface area contributed by atoms with Crippen molar-refractivity contribution in [3.05, 3.63) is 126 Å². The fourth-order valence-corrected chi connectivity index (χ4v) is 8.05. The van der Waals surface area contributed by atoms with E-state index in [-0.39, 0.29) is 31.9 Å². The van der Waals surface area contributed by atoms with Crippen LogP contribution >= 0.6 is 11.3 Å². The van der Waals surface area contributed by atoms with E-state index in [0.717, 1.165) is 17.2 Å². The molecule has 1 unspecified atom stereocenters. The number of fused-ring (bicyclic) bond motifs is 1. The normalized spacial score (nSPS) is 11.6. The Labute approximate surface area is 365 Å². The molecular weight excluding hydrogens is 871 g/mol. The second kappa shape index (κ2) is 24.3. The molecule has 0 saturated carbocycles. The maximum absolute atomic E-state index is 5.88. The van der Waals surface area contributed by atoms with Gasteiger partial charge in [0.1, 0.15) is 0 Å². The van der Waals surface area contributed by atoms with E-state index in [4.69, 9.17) is 10.3 Å². The first-order chi connectivity index (χ1) is 25.9. The predicted octanol–water partition coefficient (Wildman–Crippen LogP) is 15.2. The summed E-state index contributed by atoms with van der Waals surface area (Å²) >= 11 is 1.88. The minimum atomic E-state index is -0.251. The van der Waals surface area contributed by atoms with Crippen molar-refractivity contribution < 1.29 is 25.8 Å². The molecule has 0 N–H and O–H groups in total. The second-order valence-corrected chi connectivity index (χ2v) is 17.3. The summed E-state index contributed by atoms with van der Waals surface area (Å²) in [7, 11) is 12.7. The maximum Gasteiger partial charge on any atom is 4.00 e. The van der Waals surface area contributed by atoms with Crippen molar-refractivity contribution in [3.63, 3.8) is 0 Å². The van der Waals surface area contributed by atoms with Gasteiger partial charge in [0.2, 0.25) is 0 Å². The van der Waals surface area contributed by atoms with Crippen molar-refractivity contribution in [2.45, 2.75) is 119 Å². The molecule has 0 fully saturated rings. The molecule has 8 heteroatoms. The van der Waals surface area contributed by atoms with Crippen LogP contribution in [0.2, 0.25) is 0 Å². The monoisotopic (exact) mass is 945 g/mol. The van der Waals surface area contributed by atoms with Crippen molar-refractivity contribution in [2.24, 2.45) is 7.05 Å². The van der Waals surface area contributed by atoms with Gasteiger partial charge in [-0.15, -0.1) is 17.0 Å². The molecule has 0 bridgehead atoms. The largest absolute Gasteiger partial charge is 4.00 e. The summed E-state index contributed by atoms with van der Waals surface area (Å²) in [6, 6.07) is 18.1. The van der Waals surface area contributed by atoms with Crippen molar-refractivity contribution in [1.29, 1.82) is 0 Å². The summed E-state index contributed by atoms with van der Waals surface area (Å²) in [5.41, 5.74) is 12.8. The molecule has 0 amide bonds. The van der Waals surface area contributed by atoms with Gasteiger partial charge < -0.3 is 25.8 Å². The molecule has 1 atom stereocenters. The van der Waals surface area contributed by atoms with E-state index in [1.165, 1.54) is 59.5 Å². The number of hydrogen-bond donors (Lipinski definition) is 0. The average Bonchev–Trinajstić information content (AvgIpc) is 3.66. The van der Waals surface area contributed by atoms with Gasteiger partial charge in [-0.05, 0) is 77.3 Å². The Bertz CT molecular complexity index is 1860.